The standard InChI is InChI=1S/C12H23NO/c1-5-10-6-7-13-11(8-14-4)12(10)9(2)3/h9,11,13H,5-8H2,1-4H3. The molecule has 1 rings (SSSR count). The molecule has 0 aromatic rings. The van der Waals surface area contributed by atoms with E-state index >= 15 is 0 Å². The van der Waals surface area contributed by atoms with Crippen molar-refractivity contribution in [3.63, 3.8) is 0 Å². The summed E-state index contributed by atoms with van der Waals surface area (Å²) in [6.45, 7) is 8.72. The lowest BCUT2D eigenvalue weighted by Crippen LogP contribution is -2.41. The molecule has 14 heavy (non-hydrogen) atoms. The van der Waals surface area contributed by atoms with Crippen LogP contribution in [0.4, 0.5) is 0 Å². The minimum Gasteiger partial charge on any atom is -0.383 e. The van der Waals surface area contributed by atoms with Crippen molar-refractivity contribution in [3.8, 4) is 0 Å². The van der Waals surface area contributed by atoms with Crippen LogP contribution in [0.15, 0.2) is 11.1 Å². The van der Waals surface area contributed by atoms with Gasteiger partial charge in [-0.15, -0.1) is 0 Å². The fourth-order valence-corrected chi connectivity index (χ4v) is 2.40. The second-order valence-electron chi connectivity index (χ2n) is 4.28. The van der Waals surface area contributed by atoms with Crippen molar-refractivity contribution in [2.75, 3.05) is 20.3 Å². The topological polar surface area (TPSA) is 21.3 Å². The summed E-state index contributed by atoms with van der Waals surface area (Å²) in [6, 6.07) is 0.448. The molecule has 0 bridgehead atoms. The number of methoxy groups -OCH3 is 1. The lowest BCUT2D eigenvalue weighted by Gasteiger charge is -2.31. The molecular formula is C12H23NO. The van der Waals surface area contributed by atoms with Crippen molar-refractivity contribution in [2.24, 2.45) is 5.92 Å². The van der Waals surface area contributed by atoms with E-state index in [0.717, 1.165) is 13.2 Å². The molecule has 0 saturated heterocycles. The Morgan fingerprint density at radius 1 is 1.50 bits per heavy atom. The highest BCUT2D eigenvalue weighted by atomic mass is 16.5. The van der Waals surface area contributed by atoms with Crippen molar-refractivity contribution < 1.29 is 4.74 Å². The molecule has 1 aliphatic heterocycles. The van der Waals surface area contributed by atoms with Gasteiger partial charge in [-0.05, 0) is 30.9 Å². The maximum atomic E-state index is 5.26. The van der Waals surface area contributed by atoms with E-state index in [9.17, 15) is 0 Å². The normalized spacial score (nSPS) is 23.4. The molecule has 0 aliphatic carbocycles. The van der Waals surface area contributed by atoms with E-state index < -0.39 is 0 Å². The quantitative estimate of drug-likeness (QED) is 0.699. The van der Waals surface area contributed by atoms with Crippen LogP contribution in [0.2, 0.25) is 0 Å². The Bertz CT molecular complexity index is 208. The molecule has 1 N–H and O–H groups in total. The zero-order valence-corrected chi connectivity index (χ0v) is 9.89. The molecular weight excluding hydrogens is 174 g/mol. The predicted molar refractivity (Wildman–Crippen MR) is 60.4 cm³/mol. The molecule has 0 aromatic carbocycles. The van der Waals surface area contributed by atoms with Gasteiger partial charge in [0, 0.05) is 7.11 Å². The Labute approximate surface area is 87.7 Å². The molecule has 1 atom stereocenters. The van der Waals surface area contributed by atoms with Gasteiger partial charge in [0.25, 0.3) is 0 Å². The van der Waals surface area contributed by atoms with Crippen LogP contribution in [0.1, 0.15) is 33.6 Å². The van der Waals surface area contributed by atoms with Crippen LogP contribution in [-0.4, -0.2) is 26.3 Å². The van der Waals surface area contributed by atoms with Crippen LogP contribution in [0.25, 0.3) is 0 Å². The van der Waals surface area contributed by atoms with Gasteiger partial charge in [-0.25, -0.2) is 0 Å². The summed E-state index contributed by atoms with van der Waals surface area (Å²) < 4.78 is 5.26. The summed E-state index contributed by atoms with van der Waals surface area (Å²) in [5, 5.41) is 3.53. The summed E-state index contributed by atoms with van der Waals surface area (Å²) in [5.41, 5.74) is 3.22. The number of rotatable bonds is 4. The number of ether oxygens (including phenoxy) is 1. The second-order valence-corrected chi connectivity index (χ2v) is 4.28. The Balaban J connectivity index is 2.84. The largest absolute Gasteiger partial charge is 0.383 e. The fourth-order valence-electron chi connectivity index (χ4n) is 2.40. The molecule has 1 aliphatic rings. The van der Waals surface area contributed by atoms with Crippen LogP contribution in [0.5, 0.6) is 0 Å². The van der Waals surface area contributed by atoms with Crippen LogP contribution >= 0.6 is 0 Å². The van der Waals surface area contributed by atoms with Gasteiger partial charge < -0.3 is 10.1 Å². The second kappa shape index (κ2) is 5.52. The van der Waals surface area contributed by atoms with E-state index in [2.05, 4.69) is 26.1 Å². The van der Waals surface area contributed by atoms with E-state index in [1.165, 1.54) is 12.8 Å². The van der Waals surface area contributed by atoms with E-state index in [4.69, 9.17) is 4.74 Å². The first-order chi connectivity index (χ1) is 6.70. The highest BCUT2D eigenvalue weighted by molar-refractivity contribution is 5.25. The third-order valence-electron chi connectivity index (χ3n) is 2.98. The van der Waals surface area contributed by atoms with Gasteiger partial charge in [-0.3, -0.25) is 0 Å². The summed E-state index contributed by atoms with van der Waals surface area (Å²) in [4.78, 5) is 0. The molecule has 0 saturated carbocycles. The highest BCUT2D eigenvalue weighted by Crippen LogP contribution is 2.26. The zero-order valence-electron chi connectivity index (χ0n) is 9.89. The molecule has 2 nitrogen and oxygen atoms in total. The van der Waals surface area contributed by atoms with Gasteiger partial charge in [-0.1, -0.05) is 26.3 Å². The summed E-state index contributed by atoms with van der Waals surface area (Å²) >= 11 is 0. The minimum absolute atomic E-state index is 0.448. The molecule has 1 heterocycles. The maximum absolute atomic E-state index is 5.26. The third-order valence-corrected chi connectivity index (χ3v) is 2.98. The Hall–Kier alpha value is -0.340. The van der Waals surface area contributed by atoms with Crippen LogP contribution in [-0.2, 0) is 4.74 Å². The Morgan fingerprint density at radius 2 is 2.21 bits per heavy atom. The van der Waals surface area contributed by atoms with Gasteiger partial charge >= 0.3 is 0 Å². The van der Waals surface area contributed by atoms with E-state index in [1.54, 1.807) is 18.3 Å². The van der Waals surface area contributed by atoms with Crippen molar-refractivity contribution in [3.05, 3.63) is 11.1 Å². The molecule has 0 radical (unpaired) electrons. The molecule has 0 spiro atoms. The molecule has 0 aromatic heterocycles. The van der Waals surface area contributed by atoms with Crippen molar-refractivity contribution in [1.29, 1.82) is 0 Å². The molecule has 0 amide bonds. The van der Waals surface area contributed by atoms with E-state index in [0.29, 0.717) is 12.0 Å². The van der Waals surface area contributed by atoms with E-state index in [1.807, 2.05) is 0 Å². The van der Waals surface area contributed by atoms with Crippen LogP contribution < -0.4 is 5.32 Å². The maximum Gasteiger partial charge on any atom is 0.0654 e. The summed E-state index contributed by atoms with van der Waals surface area (Å²) in [7, 11) is 1.78. The van der Waals surface area contributed by atoms with Crippen molar-refractivity contribution >= 4 is 0 Å². The SMILES string of the molecule is CCC1=C(C(C)C)C(COC)NCC1. The zero-order chi connectivity index (χ0) is 10.6. The number of hydrogen-bond donors (Lipinski definition) is 1. The van der Waals surface area contributed by atoms with Crippen molar-refractivity contribution in [1.82, 2.24) is 5.32 Å². The average Bonchev–Trinajstić information content (AvgIpc) is 2.17. The van der Waals surface area contributed by atoms with Crippen molar-refractivity contribution in [2.45, 2.75) is 39.7 Å². The lowest BCUT2D eigenvalue weighted by molar-refractivity contribution is 0.171. The monoisotopic (exact) mass is 197 g/mol. The Morgan fingerprint density at radius 3 is 2.71 bits per heavy atom. The smallest absolute Gasteiger partial charge is 0.0654 e. The first kappa shape index (κ1) is 11.7. The first-order valence-electron chi connectivity index (χ1n) is 5.64. The van der Waals surface area contributed by atoms with E-state index in [-0.39, 0.29) is 0 Å². The number of hydrogen-bond acceptors (Lipinski definition) is 2. The highest BCUT2D eigenvalue weighted by Gasteiger charge is 2.23. The van der Waals surface area contributed by atoms with Crippen LogP contribution in [0.3, 0.4) is 0 Å². The molecule has 2 heteroatoms. The molecule has 1 unspecified atom stereocenters. The summed E-state index contributed by atoms with van der Waals surface area (Å²) in [5.74, 6) is 0.637. The predicted octanol–water partition coefficient (Wildman–Crippen LogP) is 2.36. The van der Waals surface area contributed by atoms with Gasteiger partial charge in [0.15, 0.2) is 0 Å². The molecule has 0 fully saturated rings. The van der Waals surface area contributed by atoms with Gasteiger partial charge in [0.1, 0.15) is 0 Å². The first-order valence-corrected chi connectivity index (χ1v) is 5.64. The Kier molecular flexibility index (Phi) is 4.63. The summed E-state index contributed by atoms with van der Waals surface area (Å²) in [6.07, 6.45) is 2.40. The fraction of sp³-hybridized carbons (Fsp3) is 0.833. The minimum atomic E-state index is 0.448. The number of nitrogens with one attached hydrogen (secondary N) is 1. The third kappa shape index (κ3) is 2.58. The van der Waals surface area contributed by atoms with Gasteiger partial charge in [0.2, 0.25) is 0 Å². The average molecular weight is 197 g/mol. The lowest BCUT2D eigenvalue weighted by atomic mass is 9.86. The molecule has 82 valence electrons. The van der Waals surface area contributed by atoms with Crippen LogP contribution in [0, 0.1) is 5.92 Å². The van der Waals surface area contributed by atoms with Gasteiger partial charge in [0.05, 0.1) is 12.6 Å². The van der Waals surface area contributed by atoms with Gasteiger partial charge in [-0.2, -0.15) is 0 Å².